The highest BCUT2D eigenvalue weighted by molar-refractivity contribution is 5.84. The summed E-state index contributed by atoms with van der Waals surface area (Å²) in [4.78, 5) is 10.9. The van der Waals surface area contributed by atoms with Gasteiger partial charge in [-0.05, 0) is 18.8 Å². The van der Waals surface area contributed by atoms with Crippen molar-refractivity contribution < 1.29 is 22.4 Å². The van der Waals surface area contributed by atoms with Gasteiger partial charge in [-0.25, -0.2) is 8.78 Å². The van der Waals surface area contributed by atoms with Crippen LogP contribution < -0.4 is 5.32 Å². The summed E-state index contributed by atoms with van der Waals surface area (Å²) < 4.78 is 48.8. The Hall–Kier alpha value is -0.810. The molecule has 0 spiro atoms. The molecule has 1 rings (SSSR count). The topological polar surface area (TPSA) is 29.1 Å². The molecule has 1 aliphatic carbocycles. The van der Waals surface area contributed by atoms with E-state index in [1.165, 1.54) is 0 Å². The molecule has 0 radical (unpaired) electrons. The summed E-state index contributed by atoms with van der Waals surface area (Å²) in [6, 6.07) is -0.401. The first-order valence-electron chi connectivity index (χ1n) is 4.82. The van der Waals surface area contributed by atoms with Gasteiger partial charge in [0.2, 0.25) is 0 Å². The lowest BCUT2D eigenvalue weighted by molar-refractivity contribution is -0.170. The minimum absolute atomic E-state index is 0.0717. The second kappa shape index (κ2) is 4.37. The third-order valence-corrected chi connectivity index (χ3v) is 2.75. The van der Waals surface area contributed by atoms with Crippen molar-refractivity contribution in [1.29, 1.82) is 0 Å². The number of halogens is 4. The summed E-state index contributed by atoms with van der Waals surface area (Å²) in [5, 5.41) is 1.98. The molecular formula is C9H13F4NO. The van der Waals surface area contributed by atoms with E-state index in [0.29, 0.717) is 6.42 Å². The fourth-order valence-corrected chi connectivity index (χ4v) is 1.72. The molecular weight excluding hydrogens is 214 g/mol. The van der Waals surface area contributed by atoms with Gasteiger partial charge in [-0.3, -0.25) is 4.79 Å². The van der Waals surface area contributed by atoms with Crippen molar-refractivity contribution in [2.45, 2.75) is 44.6 Å². The number of hydrogen-bond acceptors (Lipinski definition) is 1. The summed E-state index contributed by atoms with van der Waals surface area (Å²) in [5.41, 5.74) is 0. The molecule has 0 aliphatic heterocycles. The van der Waals surface area contributed by atoms with Crippen molar-refractivity contribution in [2.24, 2.45) is 5.92 Å². The van der Waals surface area contributed by atoms with E-state index in [1.807, 2.05) is 5.32 Å². The van der Waals surface area contributed by atoms with E-state index in [1.54, 1.807) is 6.92 Å². The van der Waals surface area contributed by atoms with Crippen molar-refractivity contribution in [2.75, 3.05) is 0 Å². The molecule has 2 atom stereocenters. The minimum atomic E-state index is -4.58. The Balaban J connectivity index is 2.55. The van der Waals surface area contributed by atoms with Crippen LogP contribution in [0, 0.1) is 5.92 Å². The van der Waals surface area contributed by atoms with Crippen LogP contribution in [0.3, 0.4) is 0 Å². The second-order valence-corrected chi connectivity index (χ2v) is 3.91. The minimum Gasteiger partial charge on any atom is -0.348 e. The van der Waals surface area contributed by atoms with Gasteiger partial charge in [-0.1, -0.05) is 13.3 Å². The molecule has 0 saturated heterocycles. The lowest BCUT2D eigenvalue weighted by Crippen LogP contribution is -2.49. The van der Waals surface area contributed by atoms with E-state index in [0.717, 1.165) is 12.8 Å². The van der Waals surface area contributed by atoms with Crippen LogP contribution in [0.2, 0.25) is 0 Å². The van der Waals surface area contributed by atoms with E-state index in [-0.39, 0.29) is 5.92 Å². The van der Waals surface area contributed by atoms with Crippen molar-refractivity contribution in [3.05, 3.63) is 0 Å². The molecule has 1 fully saturated rings. The van der Waals surface area contributed by atoms with E-state index in [4.69, 9.17) is 0 Å². The van der Waals surface area contributed by atoms with Crippen molar-refractivity contribution in [3.63, 3.8) is 0 Å². The fourth-order valence-electron chi connectivity index (χ4n) is 1.72. The second-order valence-electron chi connectivity index (χ2n) is 3.91. The SMILES string of the molecule is CC1CCCC1NC(=O)C(F)(F)C(F)F. The quantitative estimate of drug-likeness (QED) is 0.736. The average molecular weight is 227 g/mol. The molecule has 2 unspecified atom stereocenters. The highest BCUT2D eigenvalue weighted by atomic mass is 19.3. The third kappa shape index (κ3) is 2.60. The summed E-state index contributed by atoms with van der Waals surface area (Å²) in [6.45, 7) is 1.80. The van der Waals surface area contributed by atoms with Crippen LogP contribution in [0.1, 0.15) is 26.2 Å². The molecule has 1 N–H and O–H groups in total. The molecule has 0 aromatic heterocycles. The van der Waals surface area contributed by atoms with Crippen LogP contribution in [0.4, 0.5) is 17.6 Å². The van der Waals surface area contributed by atoms with Crippen molar-refractivity contribution in [3.8, 4) is 0 Å². The zero-order valence-corrected chi connectivity index (χ0v) is 8.27. The maximum absolute atomic E-state index is 12.6. The molecule has 2 nitrogen and oxygen atoms in total. The zero-order chi connectivity index (χ0) is 11.6. The summed E-state index contributed by atoms with van der Waals surface area (Å²) in [7, 11) is 0. The van der Waals surface area contributed by atoms with Gasteiger partial charge in [0, 0.05) is 6.04 Å². The maximum atomic E-state index is 12.6. The lowest BCUT2D eigenvalue weighted by atomic mass is 10.1. The van der Waals surface area contributed by atoms with Gasteiger partial charge in [0.1, 0.15) is 0 Å². The highest BCUT2D eigenvalue weighted by Crippen LogP contribution is 2.28. The summed E-state index contributed by atoms with van der Waals surface area (Å²) in [5.74, 6) is -6.37. The first-order valence-corrected chi connectivity index (χ1v) is 4.82. The lowest BCUT2D eigenvalue weighted by Gasteiger charge is -2.21. The Bertz CT molecular complexity index is 244. The van der Waals surface area contributed by atoms with Crippen LogP contribution in [0.25, 0.3) is 0 Å². The number of nitrogens with one attached hydrogen (secondary N) is 1. The normalized spacial score (nSPS) is 27.1. The molecule has 1 saturated carbocycles. The number of alkyl halides is 4. The van der Waals surface area contributed by atoms with Crippen LogP contribution in [-0.2, 0) is 4.79 Å². The van der Waals surface area contributed by atoms with Crippen molar-refractivity contribution >= 4 is 5.91 Å². The van der Waals surface area contributed by atoms with Crippen LogP contribution in [0.5, 0.6) is 0 Å². The van der Waals surface area contributed by atoms with Gasteiger partial charge in [0.05, 0.1) is 0 Å². The number of carbonyl (C=O) groups excluding carboxylic acids is 1. The Morgan fingerprint density at radius 2 is 2.00 bits per heavy atom. The Morgan fingerprint density at radius 3 is 2.40 bits per heavy atom. The summed E-state index contributed by atoms with van der Waals surface area (Å²) >= 11 is 0. The Morgan fingerprint density at radius 1 is 1.40 bits per heavy atom. The van der Waals surface area contributed by atoms with Crippen molar-refractivity contribution in [1.82, 2.24) is 5.32 Å². The predicted molar refractivity (Wildman–Crippen MR) is 45.9 cm³/mol. The van der Waals surface area contributed by atoms with E-state index in [9.17, 15) is 22.4 Å². The number of amides is 1. The molecule has 6 heteroatoms. The molecule has 0 heterocycles. The van der Waals surface area contributed by atoms with Crippen LogP contribution in [0.15, 0.2) is 0 Å². The van der Waals surface area contributed by atoms with Gasteiger partial charge in [-0.2, -0.15) is 8.78 Å². The molecule has 88 valence electrons. The van der Waals surface area contributed by atoms with E-state index in [2.05, 4.69) is 0 Å². The van der Waals surface area contributed by atoms with Gasteiger partial charge in [0.15, 0.2) is 0 Å². The van der Waals surface area contributed by atoms with Gasteiger partial charge < -0.3 is 5.32 Å². The molecule has 15 heavy (non-hydrogen) atoms. The summed E-state index contributed by atoms with van der Waals surface area (Å²) in [6.07, 6.45) is -1.72. The molecule has 1 aliphatic rings. The number of rotatable bonds is 3. The Kier molecular flexibility index (Phi) is 3.57. The zero-order valence-electron chi connectivity index (χ0n) is 8.27. The largest absolute Gasteiger partial charge is 0.383 e. The molecule has 0 aromatic carbocycles. The van der Waals surface area contributed by atoms with E-state index < -0.39 is 24.3 Å². The predicted octanol–water partition coefficient (Wildman–Crippen LogP) is 2.19. The van der Waals surface area contributed by atoms with E-state index >= 15 is 0 Å². The standard InChI is InChI=1S/C9H13F4NO/c1-5-3-2-4-6(5)14-8(15)9(12,13)7(10)11/h5-7H,2-4H2,1H3,(H,14,15). The number of hydrogen-bond donors (Lipinski definition) is 1. The third-order valence-electron chi connectivity index (χ3n) is 2.75. The first kappa shape index (κ1) is 12.3. The smallest absolute Gasteiger partial charge is 0.348 e. The first-order chi connectivity index (χ1) is 6.85. The van der Waals surface area contributed by atoms with Gasteiger partial charge >= 0.3 is 12.3 Å². The Labute approximate surface area is 85.0 Å². The number of carbonyl (C=O) groups is 1. The molecule has 0 aromatic rings. The highest BCUT2D eigenvalue weighted by Gasteiger charge is 2.49. The average Bonchev–Trinajstić information content (AvgIpc) is 2.51. The molecule has 1 amide bonds. The molecule has 0 bridgehead atoms. The van der Waals surface area contributed by atoms with Crippen LogP contribution in [-0.4, -0.2) is 24.3 Å². The van der Waals surface area contributed by atoms with Gasteiger partial charge in [0.25, 0.3) is 5.91 Å². The maximum Gasteiger partial charge on any atom is 0.383 e. The van der Waals surface area contributed by atoms with Crippen LogP contribution >= 0.6 is 0 Å². The monoisotopic (exact) mass is 227 g/mol. The van der Waals surface area contributed by atoms with Gasteiger partial charge in [-0.15, -0.1) is 0 Å². The fraction of sp³-hybridized carbons (Fsp3) is 0.889.